The van der Waals surface area contributed by atoms with Crippen LogP contribution >= 0.6 is 0 Å². The molecule has 0 aromatic rings. The van der Waals surface area contributed by atoms with Crippen LogP contribution in [0.1, 0.15) is 20.3 Å². The highest BCUT2D eigenvalue weighted by molar-refractivity contribution is 5.20. The molecule has 1 atom stereocenters. The van der Waals surface area contributed by atoms with Gasteiger partial charge in [0.25, 0.3) is 0 Å². The van der Waals surface area contributed by atoms with Gasteiger partial charge in [0.1, 0.15) is 0 Å². The molecule has 1 unspecified atom stereocenters. The molecule has 1 rings (SSSR count). The van der Waals surface area contributed by atoms with Crippen molar-refractivity contribution in [3.8, 4) is 0 Å². The Labute approximate surface area is 50.9 Å². The summed E-state index contributed by atoms with van der Waals surface area (Å²) in [7, 11) is 0. The van der Waals surface area contributed by atoms with Crippen molar-refractivity contribution < 1.29 is 0 Å². The van der Waals surface area contributed by atoms with Crippen LogP contribution in [0.2, 0.25) is 0 Å². The first-order valence-electron chi connectivity index (χ1n) is 3.14. The Hall–Kier alpha value is -0.520. The van der Waals surface area contributed by atoms with Gasteiger partial charge in [-0.25, -0.2) is 0 Å². The van der Waals surface area contributed by atoms with E-state index in [4.69, 9.17) is 0 Å². The number of allylic oxidation sites excluding steroid dienone is 4. The van der Waals surface area contributed by atoms with E-state index < -0.39 is 0 Å². The third-order valence-corrected chi connectivity index (χ3v) is 1.50. The van der Waals surface area contributed by atoms with Crippen LogP contribution in [-0.2, 0) is 0 Å². The minimum absolute atomic E-state index is 0.763. The zero-order valence-corrected chi connectivity index (χ0v) is 5.52. The van der Waals surface area contributed by atoms with E-state index in [2.05, 4.69) is 32.1 Å². The molecule has 0 heterocycles. The van der Waals surface area contributed by atoms with Crippen molar-refractivity contribution in [2.75, 3.05) is 0 Å². The second-order valence-corrected chi connectivity index (χ2v) is 2.52. The van der Waals surface area contributed by atoms with Gasteiger partial charge in [-0.05, 0) is 19.3 Å². The van der Waals surface area contributed by atoms with Gasteiger partial charge >= 0.3 is 0 Å². The summed E-state index contributed by atoms with van der Waals surface area (Å²) in [6.45, 7) is 4.38. The summed E-state index contributed by atoms with van der Waals surface area (Å²) in [5.74, 6) is 0.763. The van der Waals surface area contributed by atoms with Crippen LogP contribution in [-0.4, -0.2) is 0 Å². The second kappa shape index (κ2) is 2.17. The van der Waals surface area contributed by atoms with Crippen molar-refractivity contribution >= 4 is 0 Å². The van der Waals surface area contributed by atoms with Crippen LogP contribution in [0.4, 0.5) is 0 Å². The lowest BCUT2D eigenvalue weighted by molar-refractivity contribution is 0.731. The normalized spacial score (nSPS) is 27.8. The van der Waals surface area contributed by atoms with E-state index in [0.29, 0.717) is 0 Å². The van der Waals surface area contributed by atoms with E-state index in [1.165, 1.54) is 12.0 Å². The summed E-state index contributed by atoms with van der Waals surface area (Å²) in [5, 5.41) is 0. The van der Waals surface area contributed by atoms with Crippen molar-refractivity contribution in [1.82, 2.24) is 0 Å². The molecule has 0 radical (unpaired) electrons. The van der Waals surface area contributed by atoms with Crippen LogP contribution < -0.4 is 0 Å². The summed E-state index contributed by atoms with van der Waals surface area (Å²) >= 11 is 0. The maximum absolute atomic E-state index is 2.28. The van der Waals surface area contributed by atoms with Crippen molar-refractivity contribution in [3.05, 3.63) is 23.8 Å². The van der Waals surface area contributed by atoms with Crippen LogP contribution in [0.25, 0.3) is 0 Å². The van der Waals surface area contributed by atoms with Crippen molar-refractivity contribution in [3.63, 3.8) is 0 Å². The molecule has 0 bridgehead atoms. The van der Waals surface area contributed by atoms with Crippen LogP contribution in [0.15, 0.2) is 23.8 Å². The summed E-state index contributed by atoms with van der Waals surface area (Å²) in [4.78, 5) is 0. The van der Waals surface area contributed by atoms with Crippen molar-refractivity contribution in [2.24, 2.45) is 5.92 Å². The van der Waals surface area contributed by atoms with Crippen LogP contribution in [0.3, 0.4) is 0 Å². The van der Waals surface area contributed by atoms with Crippen LogP contribution in [0, 0.1) is 5.92 Å². The molecule has 8 heavy (non-hydrogen) atoms. The Morgan fingerprint density at radius 2 is 2.38 bits per heavy atom. The lowest BCUT2D eigenvalue weighted by Crippen LogP contribution is -1.91. The van der Waals surface area contributed by atoms with Gasteiger partial charge in [0, 0.05) is 0 Å². The fraction of sp³-hybridized carbons (Fsp3) is 0.500. The highest BCUT2D eigenvalue weighted by Gasteiger charge is 1.97. The monoisotopic (exact) mass is 108 g/mol. The molecule has 1 aliphatic carbocycles. The maximum Gasteiger partial charge on any atom is -0.0224 e. The third-order valence-electron chi connectivity index (χ3n) is 1.50. The number of hydrogen-bond donors (Lipinski definition) is 0. The Bertz CT molecular complexity index is 129. The van der Waals surface area contributed by atoms with Crippen molar-refractivity contribution in [2.45, 2.75) is 20.3 Å². The quantitative estimate of drug-likeness (QED) is 0.447. The van der Waals surface area contributed by atoms with Gasteiger partial charge in [0.2, 0.25) is 0 Å². The van der Waals surface area contributed by atoms with Gasteiger partial charge in [0.05, 0.1) is 0 Å². The predicted octanol–water partition coefficient (Wildman–Crippen LogP) is 2.53. The summed E-state index contributed by atoms with van der Waals surface area (Å²) in [6, 6.07) is 0. The van der Waals surface area contributed by atoms with Gasteiger partial charge < -0.3 is 0 Å². The van der Waals surface area contributed by atoms with Crippen molar-refractivity contribution in [1.29, 1.82) is 0 Å². The fourth-order valence-corrected chi connectivity index (χ4v) is 0.834. The molecule has 0 heteroatoms. The minimum atomic E-state index is 0.763. The Balaban J connectivity index is 2.58. The average molecular weight is 108 g/mol. The first-order valence-corrected chi connectivity index (χ1v) is 3.14. The summed E-state index contributed by atoms with van der Waals surface area (Å²) < 4.78 is 0. The molecule has 44 valence electrons. The maximum atomic E-state index is 2.28. The molecule has 0 aliphatic heterocycles. The van der Waals surface area contributed by atoms with E-state index in [0.717, 1.165) is 5.92 Å². The Kier molecular flexibility index (Phi) is 1.52. The summed E-state index contributed by atoms with van der Waals surface area (Å²) in [5.41, 5.74) is 1.41. The van der Waals surface area contributed by atoms with E-state index in [-0.39, 0.29) is 0 Å². The molecule has 0 N–H and O–H groups in total. The van der Waals surface area contributed by atoms with Crippen LogP contribution in [0.5, 0.6) is 0 Å². The molecular formula is C8H12. The first kappa shape index (κ1) is 5.61. The molecule has 0 fully saturated rings. The molecule has 0 aromatic carbocycles. The molecule has 0 saturated heterocycles. The Morgan fingerprint density at radius 3 is 2.75 bits per heavy atom. The lowest BCUT2D eigenvalue weighted by Gasteiger charge is -2.06. The SMILES string of the molecule is CC1=CCC(C)C=C1. The van der Waals surface area contributed by atoms with E-state index >= 15 is 0 Å². The Morgan fingerprint density at radius 1 is 1.62 bits per heavy atom. The van der Waals surface area contributed by atoms with E-state index in [1.807, 2.05) is 0 Å². The number of hydrogen-bond acceptors (Lipinski definition) is 0. The average Bonchev–Trinajstić information content (AvgIpc) is 1.77. The molecule has 0 spiro atoms. The second-order valence-electron chi connectivity index (χ2n) is 2.52. The molecule has 1 aliphatic rings. The van der Waals surface area contributed by atoms with Gasteiger partial charge in [-0.3, -0.25) is 0 Å². The highest BCUT2D eigenvalue weighted by atomic mass is 14.0. The lowest BCUT2D eigenvalue weighted by atomic mass is 10.00. The van der Waals surface area contributed by atoms with E-state index in [1.54, 1.807) is 0 Å². The smallest absolute Gasteiger partial charge is 0.0224 e. The third kappa shape index (κ3) is 1.22. The van der Waals surface area contributed by atoms with Gasteiger partial charge in [-0.1, -0.05) is 30.7 Å². The van der Waals surface area contributed by atoms with E-state index in [9.17, 15) is 0 Å². The van der Waals surface area contributed by atoms with Gasteiger partial charge in [-0.2, -0.15) is 0 Å². The molecule has 0 nitrogen and oxygen atoms in total. The minimum Gasteiger partial charge on any atom is -0.0811 e. The zero-order chi connectivity index (χ0) is 5.98. The molecule has 0 aromatic heterocycles. The van der Waals surface area contributed by atoms with Gasteiger partial charge in [-0.15, -0.1) is 0 Å². The highest BCUT2D eigenvalue weighted by Crippen LogP contribution is 2.13. The molecular weight excluding hydrogens is 96.1 g/mol. The first-order chi connectivity index (χ1) is 3.79. The standard InChI is InChI=1S/C8H12/c1-7-3-5-8(2)6-4-7/h3-5,8H,6H2,1-2H3. The summed E-state index contributed by atoms with van der Waals surface area (Å²) in [6.07, 6.45) is 7.95. The predicted molar refractivity (Wildman–Crippen MR) is 36.7 cm³/mol. The number of rotatable bonds is 0. The van der Waals surface area contributed by atoms with Gasteiger partial charge in [0.15, 0.2) is 0 Å². The molecule has 0 amide bonds. The molecule has 0 saturated carbocycles. The largest absolute Gasteiger partial charge is 0.0811 e. The topological polar surface area (TPSA) is 0 Å². The zero-order valence-electron chi connectivity index (χ0n) is 5.52. The fourth-order valence-electron chi connectivity index (χ4n) is 0.834.